The molecule has 1 saturated carbocycles. The summed E-state index contributed by atoms with van der Waals surface area (Å²) in [6.45, 7) is 1.66. The Hall–Kier alpha value is -2.16. The molecule has 2 unspecified atom stereocenters. The van der Waals surface area contributed by atoms with E-state index < -0.39 is 0 Å². The molecule has 1 aliphatic rings. The van der Waals surface area contributed by atoms with Gasteiger partial charge in [-0.25, -0.2) is 4.39 Å². The van der Waals surface area contributed by atoms with Crippen LogP contribution in [0.4, 0.5) is 4.39 Å². The number of aryl methyl sites for hydroxylation is 1. The zero-order chi connectivity index (χ0) is 14.1. The molecule has 2 nitrogen and oxygen atoms in total. The van der Waals surface area contributed by atoms with Crippen molar-refractivity contribution in [1.82, 2.24) is 5.32 Å². The van der Waals surface area contributed by atoms with Gasteiger partial charge in [0.05, 0.1) is 0 Å². The smallest absolute Gasteiger partial charge is 0.251 e. The lowest BCUT2D eigenvalue weighted by molar-refractivity contribution is 0.0950. The first-order valence-electron chi connectivity index (χ1n) is 6.77. The van der Waals surface area contributed by atoms with Crippen LogP contribution in [0, 0.1) is 12.7 Å². The molecule has 3 heteroatoms. The van der Waals surface area contributed by atoms with Crippen molar-refractivity contribution in [2.45, 2.75) is 25.3 Å². The summed E-state index contributed by atoms with van der Waals surface area (Å²) in [7, 11) is 0. The quantitative estimate of drug-likeness (QED) is 0.909. The van der Waals surface area contributed by atoms with E-state index in [0.717, 1.165) is 6.42 Å². The van der Waals surface area contributed by atoms with E-state index in [1.807, 2.05) is 18.2 Å². The summed E-state index contributed by atoms with van der Waals surface area (Å²) in [5.41, 5.74) is 2.27. The molecule has 20 heavy (non-hydrogen) atoms. The minimum absolute atomic E-state index is 0.128. The fourth-order valence-corrected chi connectivity index (χ4v) is 2.46. The van der Waals surface area contributed by atoms with Crippen molar-refractivity contribution < 1.29 is 9.18 Å². The van der Waals surface area contributed by atoms with Crippen molar-refractivity contribution in [2.24, 2.45) is 0 Å². The van der Waals surface area contributed by atoms with E-state index >= 15 is 0 Å². The van der Waals surface area contributed by atoms with Crippen LogP contribution in [0.25, 0.3) is 0 Å². The molecule has 0 aliphatic heterocycles. The Labute approximate surface area is 117 Å². The van der Waals surface area contributed by atoms with Crippen molar-refractivity contribution in [3.05, 3.63) is 71.0 Å². The van der Waals surface area contributed by atoms with Crippen molar-refractivity contribution in [2.75, 3.05) is 0 Å². The van der Waals surface area contributed by atoms with Gasteiger partial charge in [-0.2, -0.15) is 0 Å². The summed E-state index contributed by atoms with van der Waals surface area (Å²) in [6.07, 6.45) is 0.968. The molecule has 0 heterocycles. The highest BCUT2D eigenvalue weighted by molar-refractivity contribution is 5.94. The topological polar surface area (TPSA) is 29.1 Å². The zero-order valence-corrected chi connectivity index (χ0v) is 11.3. The molecule has 2 atom stereocenters. The summed E-state index contributed by atoms with van der Waals surface area (Å²) < 4.78 is 13.2. The molecular weight excluding hydrogens is 253 g/mol. The van der Waals surface area contributed by atoms with Crippen LogP contribution in [0.15, 0.2) is 48.5 Å². The van der Waals surface area contributed by atoms with Crippen molar-refractivity contribution in [3.8, 4) is 0 Å². The average Bonchev–Trinajstić information content (AvgIpc) is 3.22. The molecule has 1 fully saturated rings. The Kier molecular flexibility index (Phi) is 3.26. The Morgan fingerprint density at radius 2 is 1.95 bits per heavy atom. The second-order valence-electron chi connectivity index (χ2n) is 5.30. The van der Waals surface area contributed by atoms with Crippen molar-refractivity contribution in [1.29, 1.82) is 0 Å². The van der Waals surface area contributed by atoms with Crippen LogP contribution in [0.2, 0.25) is 0 Å². The zero-order valence-electron chi connectivity index (χ0n) is 11.3. The number of rotatable bonds is 3. The number of hydrogen-bond acceptors (Lipinski definition) is 1. The summed E-state index contributed by atoms with van der Waals surface area (Å²) in [4.78, 5) is 12.1. The van der Waals surface area contributed by atoms with Gasteiger partial charge in [-0.05, 0) is 42.7 Å². The second-order valence-corrected chi connectivity index (χ2v) is 5.30. The first-order chi connectivity index (χ1) is 9.65. The van der Waals surface area contributed by atoms with E-state index in [1.165, 1.54) is 17.7 Å². The average molecular weight is 269 g/mol. The number of carbonyl (C=O) groups excluding carboxylic acids is 1. The van der Waals surface area contributed by atoms with E-state index in [1.54, 1.807) is 13.0 Å². The summed E-state index contributed by atoms with van der Waals surface area (Å²) >= 11 is 0. The summed E-state index contributed by atoms with van der Waals surface area (Å²) in [6, 6.07) is 14.8. The predicted octanol–water partition coefficient (Wildman–Crippen LogP) is 3.42. The second kappa shape index (κ2) is 5.08. The number of amides is 1. The first kappa shape index (κ1) is 12.9. The molecule has 0 saturated heterocycles. The molecule has 2 aromatic rings. The molecule has 0 spiro atoms. The maximum Gasteiger partial charge on any atom is 0.251 e. The van der Waals surface area contributed by atoms with Crippen LogP contribution >= 0.6 is 0 Å². The van der Waals surface area contributed by atoms with Gasteiger partial charge in [0.1, 0.15) is 5.82 Å². The lowest BCUT2D eigenvalue weighted by atomic mass is 10.1. The monoisotopic (exact) mass is 269 g/mol. The van der Waals surface area contributed by atoms with Gasteiger partial charge in [0.2, 0.25) is 0 Å². The van der Waals surface area contributed by atoms with Crippen LogP contribution in [0.5, 0.6) is 0 Å². The first-order valence-corrected chi connectivity index (χ1v) is 6.77. The van der Waals surface area contributed by atoms with E-state index in [-0.39, 0.29) is 17.8 Å². The lowest BCUT2D eigenvalue weighted by Gasteiger charge is -2.06. The summed E-state index contributed by atoms with van der Waals surface area (Å²) in [5.74, 6) is -0.00615. The molecule has 2 aromatic carbocycles. The fourth-order valence-electron chi connectivity index (χ4n) is 2.46. The van der Waals surface area contributed by atoms with Crippen molar-refractivity contribution >= 4 is 5.91 Å². The fraction of sp³-hybridized carbons (Fsp3) is 0.235. The van der Waals surface area contributed by atoms with Gasteiger partial charge in [0, 0.05) is 17.5 Å². The Balaban J connectivity index is 1.65. The predicted molar refractivity (Wildman–Crippen MR) is 76.2 cm³/mol. The number of halogens is 1. The molecule has 1 aliphatic carbocycles. The largest absolute Gasteiger partial charge is 0.349 e. The maximum absolute atomic E-state index is 13.2. The Bertz CT molecular complexity index is 639. The minimum Gasteiger partial charge on any atom is -0.349 e. The highest BCUT2D eigenvalue weighted by Crippen LogP contribution is 2.40. The van der Waals surface area contributed by atoms with Gasteiger partial charge >= 0.3 is 0 Å². The van der Waals surface area contributed by atoms with Gasteiger partial charge in [-0.15, -0.1) is 0 Å². The van der Waals surface area contributed by atoms with Crippen LogP contribution < -0.4 is 5.32 Å². The standard InChI is InChI=1S/C17H16FNO/c1-11-9-13(7-8-15(11)18)17(20)19-16-10-14(16)12-5-3-2-4-6-12/h2-9,14,16H,10H2,1H3,(H,19,20). The molecule has 0 radical (unpaired) electrons. The van der Waals surface area contributed by atoms with E-state index in [2.05, 4.69) is 17.4 Å². The van der Waals surface area contributed by atoms with Crippen LogP contribution in [0.1, 0.15) is 33.8 Å². The van der Waals surface area contributed by atoms with E-state index in [0.29, 0.717) is 17.0 Å². The number of hydrogen-bond donors (Lipinski definition) is 1. The normalized spacial score (nSPS) is 20.5. The third-order valence-corrected chi connectivity index (χ3v) is 3.75. The van der Waals surface area contributed by atoms with E-state index in [9.17, 15) is 9.18 Å². The van der Waals surface area contributed by atoms with Crippen molar-refractivity contribution in [3.63, 3.8) is 0 Å². The molecule has 1 amide bonds. The molecule has 102 valence electrons. The third kappa shape index (κ3) is 2.57. The van der Waals surface area contributed by atoms with Crippen LogP contribution in [-0.4, -0.2) is 11.9 Å². The molecular formula is C17H16FNO. The van der Waals surface area contributed by atoms with E-state index in [4.69, 9.17) is 0 Å². The Morgan fingerprint density at radius 3 is 2.65 bits per heavy atom. The third-order valence-electron chi connectivity index (χ3n) is 3.75. The number of carbonyl (C=O) groups is 1. The Morgan fingerprint density at radius 1 is 1.20 bits per heavy atom. The van der Waals surface area contributed by atoms with Gasteiger partial charge in [-0.1, -0.05) is 30.3 Å². The highest BCUT2D eigenvalue weighted by Gasteiger charge is 2.39. The van der Waals surface area contributed by atoms with Gasteiger partial charge in [0.15, 0.2) is 0 Å². The molecule has 0 aromatic heterocycles. The van der Waals surface area contributed by atoms with Gasteiger partial charge in [0.25, 0.3) is 5.91 Å². The molecule has 3 rings (SSSR count). The lowest BCUT2D eigenvalue weighted by Crippen LogP contribution is -2.26. The maximum atomic E-state index is 13.2. The van der Waals surface area contributed by atoms with Crippen LogP contribution in [-0.2, 0) is 0 Å². The minimum atomic E-state index is -0.282. The highest BCUT2D eigenvalue weighted by atomic mass is 19.1. The SMILES string of the molecule is Cc1cc(C(=O)NC2CC2c2ccccc2)ccc1F. The number of nitrogens with one attached hydrogen (secondary N) is 1. The molecule has 1 N–H and O–H groups in total. The van der Waals surface area contributed by atoms with Gasteiger partial charge < -0.3 is 5.32 Å². The summed E-state index contributed by atoms with van der Waals surface area (Å²) in [5, 5.41) is 3.00. The molecule has 0 bridgehead atoms. The van der Waals surface area contributed by atoms with Crippen LogP contribution in [0.3, 0.4) is 0 Å². The number of benzene rings is 2. The van der Waals surface area contributed by atoms with Gasteiger partial charge in [-0.3, -0.25) is 4.79 Å².